The lowest BCUT2D eigenvalue weighted by molar-refractivity contribution is -0.149. The van der Waals surface area contributed by atoms with E-state index in [1.807, 2.05) is 6.92 Å². The Morgan fingerprint density at radius 2 is 2.15 bits per heavy atom. The van der Waals surface area contributed by atoms with Crippen molar-refractivity contribution in [1.29, 1.82) is 0 Å². The molecule has 1 fully saturated rings. The van der Waals surface area contributed by atoms with Crippen LogP contribution in [0.2, 0.25) is 0 Å². The second-order valence-electron chi connectivity index (χ2n) is 5.23. The minimum absolute atomic E-state index is 0.0835. The van der Waals surface area contributed by atoms with E-state index in [4.69, 9.17) is 9.84 Å². The summed E-state index contributed by atoms with van der Waals surface area (Å²) in [7, 11) is 1.38. The van der Waals surface area contributed by atoms with Crippen molar-refractivity contribution in [3.05, 3.63) is 0 Å². The maximum atomic E-state index is 12.0. The zero-order valence-electron chi connectivity index (χ0n) is 12.4. The van der Waals surface area contributed by atoms with E-state index in [0.717, 1.165) is 6.42 Å². The summed E-state index contributed by atoms with van der Waals surface area (Å²) < 4.78 is 4.81. The molecule has 20 heavy (non-hydrogen) atoms. The van der Waals surface area contributed by atoms with Crippen LogP contribution in [0.3, 0.4) is 0 Å². The Morgan fingerprint density at radius 3 is 2.75 bits per heavy atom. The second-order valence-corrected chi connectivity index (χ2v) is 5.23. The average molecular weight is 286 g/mol. The highest BCUT2D eigenvalue weighted by atomic mass is 16.5. The number of ether oxygens (including phenoxy) is 1. The molecule has 0 aromatic carbocycles. The smallest absolute Gasteiger partial charge is 0.310 e. The molecule has 2 N–H and O–H groups in total. The molecule has 6 heteroatoms. The van der Waals surface area contributed by atoms with Crippen LogP contribution in [0.4, 0.5) is 0 Å². The quantitative estimate of drug-likeness (QED) is 0.514. The first-order valence-corrected chi connectivity index (χ1v) is 7.32. The zero-order valence-corrected chi connectivity index (χ0v) is 12.4. The van der Waals surface area contributed by atoms with Crippen molar-refractivity contribution < 1.29 is 19.4 Å². The van der Waals surface area contributed by atoms with Gasteiger partial charge in [-0.2, -0.15) is 0 Å². The maximum Gasteiger partial charge on any atom is 0.310 e. The number of carbonyl (C=O) groups is 2. The highest BCUT2D eigenvalue weighted by Gasteiger charge is 2.33. The van der Waals surface area contributed by atoms with Crippen LogP contribution < -0.4 is 5.32 Å². The van der Waals surface area contributed by atoms with Crippen molar-refractivity contribution in [2.45, 2.75) is 38.6 Å². The predicted octanol–water partition coefficient (Wildman–Crippen LogP) is 0.149. The number of nitrogens with zero attached hydrogens (tertiary/aromatic N) is 1. The van der Waals surface area contributed by atoms with Crippen LogP contribution in [0.15, 0.2) is 0 Å². The Morgan fingerprint density at radius 1 is 1.40 bits per heavy atom. The number of esters is 1. The Balaban J connectivity index is 2.62. The molecule has 0 bridgehead atoms. The fourth-order valence-electron chi connectivity index (χ4n) is 2.55. The third-order valence-electron chi connectivity index (χ3n) is 3.57. The minimum Gasteiger partial charge on any atom is -0.469 e. The van der Waals surface area contributed by atoms with Crippen LogP contribution in [-0.2, 0) is 14.3 Å². The molecule has 1 aliphatic heterocycles. The minimum atomic E-state index is -0.263. The number of aliphatic hydroxyl groups excluding tert-OH is 1. The summed E-state index contributed by atoms with van der Waals surface area (Å²) in [5, 5.41) is 12.1. The van der Waals surface area contributed by atoms with Gasteiger partial charge in [-0.05, 0) is 25.8 Å². The Labute approximate surface area is 120 Å². The van der Waals surface area contributed by atoms with Gasteiger partial charge in [0.15, 0.2) is 0 Å². The highest BCUT2D eigenvalue weighted by Crippen LogP contribution is 2.19. The molecule has 1 saturated heterocycles. The summed E-state index contributed by atoms with van der Waals surface area (Å²) in [6, 6.07) is 0.0835. The third kappa shape index (κ3) is 5.09. The van der Waals surface area contributed by atoms with Gasteiger partial charge in [0.25, 0.3) is 0 Å². The zero-order chi connectivity index (χ0) is 15.0. The number of likely N-dealkylation sites (tertiary alicyclic amines) is 1. The van der Waals surface area contributed by atoms with Crippen LogP contribution in [-0.4, -0.2) is 61.3 Å². The molecule has 1 rings (SSSR count). The highest BCUT2D eigenvalue weighted by molar-refractivity contribution is 5.78. The van der Waals surface area contributed by atoms with Crippen LogP contribution in [0.5, 0.6) is 0 Å². The lowest BCUT2D eigenvalue weighted by Crippen LogP contribution is -2.53. The number of hydrogen-bond acceptors (Lipinski definition) is 5. The molecule has 1 amide bonds. The van der Waals surface area contributed by atoms with Crippen LogP contribution >= 0.6 is 0 Å². The lowest BCUT2D eigenvalue weighted by atomic mass is 9.93. The van der Waals surface area contributed by atoms with Gasteiger partial charge in [0.2, 0.25) is 5.91 Å². The van der Waals surface area contributed by atoms with Gasteiger partial charge in [0, 0.05) is 32.2 Å². The maximum absolute atomic E-state index is 12.0. The molecular weight excluding hydrogens is 260 g/mol. The van der Waals surface area contributed by atoms with Crippen molar-refractivity contribution in [3.8, 4) is 0 Å². The Bertz CT molecular complexity index is 322. The van der Waals surface area contributed by atoms with Crippen molar-refractivity contribution in [3.63, 3.8) is 0 Å². The molecule has 6 nitrogen and oxygen atoms in total. The van der Waals surface area contributed by atoms with Gasteiger partial charge in [-0.1, -0.05) is 6.92 Å². The monoisotopic (exact) mass is 286 g/mol. The number of nitrogens with one attached hydrogen (secondary N) is 1. The Hall–Kier alpha value is -1.14. The second kappa shape index (κ2) is 8.92. The van der Waals surface area contributed by atoms with Crippen molar-refractivity contribution in [2.24, 2.45) is 5.92 Å². The Kier molecular flexibility index (Phi) is 7.54. The van der Waals surface area contributed by atoms with Crippen molar-refractivity contribution in [1.82, 2.24) is 10.2 Å². The number of piperidine rings is 1. The predicted molar refractivity (Wildman–Crippen MR) is 75.1 cm³/mol. The number of carbonyl (C=O) groups excluding carboxylic acids is 2. The van der Waals surface area contributed by atoms with E-state index in [2.05, 4.69) is 5.32 Å². The molecular formula is C14H26N2O4. The molecule has 1 aliphatic rings. The number of amides is 1. The van der Waals surface area contributed by atoms with E-state index in [0.29, 0.717) is 38.9 Å². The molecule has 0 saturated carbocycles. The van der Waals surface area contributed by atoms with Gasteiger partial charge in [-0.15, -0.1) is 0 Å². The van der Waals surface area contributed by atoms with Gasteiger partial charge in [-0.25, -0.2) is 0 Å². The summed E-state index contributed by atoms with van der Waals surface area (Å²) in [4.78, 5) is 25.5. The SMILES string of the molecule is CCCC(=O)N1CC(NCCCO)CC(C(=O)OC)C1. The fourth-order valence-corrected chi connectivity index (χ4v) is 2.55. The molecule has 1 heterocycles. The summed E-state index contributed by atoms with van der Waals surface area (Å²) in [6.45, 7) is 3.86. The topological polar surface area (TPSA) is 78.9 Å². The summed E-state index contributed by atoms with van der Waals surface area (Å²) in [5.74, 6) is -0.427. The number of rotatable bonds is 7. The van der Waals surface area contributed by atoms with E-state index in [1.54, 1.807) is 4.90 Å². The lowest BCUT2D eigenvalue weighted by Gasteiger charge is -2.37. The van der Waals surface area contributed by atoms with E-state index in [-0.39, 0.29) is 30.4 Å². The van der Waals surface area contributed by atoms with Gasteiger partial charge in [0.1, 0.15) is 0 Å². The molecule has 116 valence electrons. The molecule has 2 atom stereocenters. The molecule has 0 spiro atoms. The first-order valence-electron chi connectivity index (χ1n) is 7.32. The van der Waals surface area contributed by atoms with E-state index >= 15 is 0 Å². The number of hydrogen-bond donors (Lipinski definition) is 2. The normalized spacial score (nSPS) is 22.6. The summed E-state index contributed by atoms with van der Waals surface area (Å²) in [5.41, 5.74) is 0. The first-order chi connectivity index (χ1) is 9.62. The van der Waals surface area contributed by atoms with E-state index in [9.17, 15) is 9.59 Å². The summed E-state index contributed by atoms with van der Waals surface area (Å²) in [6.07, 6.45) is 2.66. The largest absolute Gasteiger partial charge is 0.469 e. The molecule has 0 aliphatic carbocycles. The van der Waals surface area contributed by atoms with Crippen LogP contribution in [0, 0.1) is 5.92 Å². The standard InChI is InChI=1S/C14H26N2O4/c1-3-5-13(18)16-9-11(14(19)20-2)8-12(10-16)15-6-4-7-17/h11-12,15,17H,3-10H2,1-2H3. The average Bonchev–Trinajstić information content (AvgIpc) is 2.46. The summed E-state index contributed by atoms with van der Waals surface area (Å²) >= 11 is 0. The molecule has 0 aromatic rings. The van der Waals surface area contributed by atoms with Gasteiger partial charge in [0.05, 0.1) is 13.0 Å². The van der Waals surface area contributed by atoms with Gasteiger partial charge >= 0.3 is 5.97 Å². The third-order valence-corrected chi connectivity index (χ3v) is 3.57. The first kappa shape index (κ1) is 16.9. The van der Waals surface area contributed by atoms with Crippen molar-refractivity contribution in [2.75, 3.05) is 33.4 Å². The van der Waals surface area contributed by atoms with Crippen LogP contribution in [0.1, 0.15) is 32.6 Å². The van der Waals surface area contributed by atoms with Gasteiger partial charge < -0.3 is 20.1 Å². The van der Waals surface area contributed by atoms with Gasteiger partial charge in [-0.3, -0.25) is 9.59 Å². The fraction of sp³-hybridized carbons (Fsp3) is 0.857. The van der Waals surface area contributed by atoms with Crippen LogP contribution in [0.25, 0.3) is 0 Å². The molecule has 0 aromatic heterocycles. The molecule has 2 unspecified atom stereocenters. The van der Waals surface area contributed by atoms with E-state index < -0.39 is 0 Å². The number of methoxy groups -OCH3 is 1. The van der Waals surface area contributed by atoms with Crippen molar-refractivity contribution >= 4 is 11.9 Å². The molecule has 0 radical (unpaired) electrons. The van der Waals surface area contributed by atoms with E-state index in [1.165, 1.54) is 7.11 Å². The number of aliphatic hydroxyl groups is 1.